The highest BCUT2D eigenvalue weighted by Crippen LogP contribution is 2.39. The Balaban J connectivity index is 1.80. The van der Waals surface area contributed by atoms with Crippen LogP contribution >= 0.6 is 23.2 Å². The van der Waals surface area contributed by atoms with Crippen molar-refractivity contribution in [1.82, 2.24) is 5.32 Å². The Bertz CT molecular complexity index is 448. The average molecular weight is 328 g/mol. The lowest BCUT2D eigenvalue weighted by Gasteiger charge is -2.34. The second-order valence-electron chi connectivity index (χ2n) is 6.28. The molecule has 1 aliphatic carbocycles. The van der Waals surface area contributed by atoms with Crippen molar-refractivity contribution < 1.29 is 4.74 Å². The molecule has 3 rings (SSSR count). The predicted octanol–water partition coefficient (Wildman–Crippen LogP) is 4.93. The first-order valence-corrected chi connectivity index (χ1v) is 8.82. The highest BCUT2D eigenvalue weighted by atomic mass is 35.5. The minimum atomic E-state index is 0.234. The van der Waals surface area contributed by atoms with Gasteiger partial charge in [-0.3, -0.25) is 0 Å². The SMILES string of the molecule is Clc1cccc(Cl)c1OC(C1CCCCC1)[C@H]1CCNC1. The fourth-order valence-electron chi connectivity index (χ4n) is 3.73. The quantitative estimate of drug-likeness (QED) is 0.846. The number of rotatable bonds is 4. The van der Waals surface area contributed by atoms with Crippen LogP contribution in [0.5, 0.6) is 5.75 Å². The van der Waals surface area contributed by atoms with Gasteiger partial charge in [0.05, 0.1) is 10.0 Å². The Hall–Kier alpha value is -0.440. The lowest BCUT2D eigenvalue weighted by molar-refractivity contribution is 0.0623. The Morgan fingerprint density at radius 3 is 2.33 bits per heavy atom. The summed E-state index contributed by atoms with van der Waals surface area (Å²) in [5.74, 6) is 1.87. The van der Waals surface area contributed by atoms with Gasteiger partial charge in [0.25, 0.3) is 0 Å². The second-order valence-corrected chi connectivity index (χ2v) is 7.10. The van der Waals surface area contributed by atoms with E-state index in [0.717, 1.165) is 13.1 Å². The zero-order valence-electron chi connectivity index (χ0n) is 12.3. The number of hydrogen-bond donors (Lipinski definition) is 1. The first-order valence-electron chi connectivity index (χ1n) is 8.07. The standard InChI is InChI=1S/C17H23Cl2NO/c18-14-7-4-8-15(19)17(14)21-16(13-9-10-20-11-13)12-5-2-1-3-6-12/h4,7-8,12-13,16,20H,1-3,5-6,9-11H2/t13-,16?/m0/s1. The Morgan fingerprint density at radius 2 is 1.71 bits per heavy atom. The van der Waals surface area contributed by atoms with E-state index < -0.39 is 0 Å². The van der Waals surface area contributed by atoms with Gasteiger partial charge in [0, 0.05) is 12.5 Å². The molecule has 1 heterocycles. The van der Waals surface area contributed by atoms with E-state index in [-0.39, 0.29) is 6.10 Å². The molecule has 1 N–H and O–H groups in total. The second kappa shape index (κ2) is 7.21. The summed E-state index contributed by atoms with van der Waals surface area (Å²) in [6.07, 6.45) is 7.95. The topological polar surface area (TPSA) is 21.3 Å². The zero-order valence-corrected chi connectivity index (χ0v) is 13.8. The van der Waals surface area contributed by atoms with Crippen LogP contribution in [0.25, 0.3) is 0 Å². The molecule has 1 unspecified atom stereocenters. The highest BCUT2D eigenvalue weighted by Gasteiger charge is 2.34. The number of benzene rings is 1. The Morgan fingerprint density at radius 1 is 1.00 bits per heavy atom. The largest absolute Gasteiger partial charge is 0.487 e. The Kier molecular flexibility index (Phi) is 5.31. The molecule has 1 saturated carbocycles. The van der Waals surface area contributed by atoms with Crippen LogP contribution in [0.1, 0.15) is 38.5 Å². The van der Waals surface area contributed by atoms with E-state index in [1.807, 2.05) is 18.2 Å². The van der Waals surface area contributed by atoms with Gasteiger partial charge < -0.3 is 10.1 Å². The van der Waals surface area contributed by atoms with Gasteiger partial charge in [0.2, 0.25) is 0 Å². The molecular weight excluding hydrogens is 305 g/mol. The number of para-hydroxylation sites is 1. The van der Waals surface area contributed by atoms with E-state index in [0.29, 0.717) is 27.6 Å². The van der Waals surface area contributed by atoms with E-state index in [1.54, 1.807) is 0 Å². The van der Waals surface area contributed by atoms with Crippen LogP contribution in [-0.4, -0.2) is 19.2 Å². The summed E-state index contributed by atoms with van der Waals surface area (Å²) in [5.41, 5.74) is 0. The van der Waals surface area contributed by atoms with Gasteiger partial charge in [-0.25, -0.2) is 0 Å². The van der Waals surface area contributed by atoms with Crippen LogP contribution in [0.3, 0.4) is 0 Å². The summed E-state index contributed by atoms with van der Waals surface area (Å²) in [6, 6.07) is 5.57. The number of nitrogens with one attached hydrogen (secondary N) is 1. The zero-order chi connectivity index (χ0) is 14.7. The fourth-order valence-corrected chi connectivity index (χ4v) is 4.22. The van der Waals surface area contributed by atoms with Gasteiger partial charge in [0.1, 0.15) is 6.10 Å². The molecule has 4 heteroatoms. The van der Waals surface area contributed by atoms with Crippen LogP contribution < -0.4 is 10.1 Å². The smallest absolute Gasteiger partial charge is 0.156 e. The molecule has 2 fully saturated rings. The first-order chi connectivity index (χ1) is 10.3. The average Bonchev–Trinajstić information content (AvgIpc) is 3.02. The maximum absolute atomic E-state index is 6.40. The molecule has 2 aliphatic rings. The van der Waals surface area contributed by atoms with Crippen LogP contribution in [0.2, 0.25) is 10.0 Å². The lowest BCUT2D eigenvalue weighted by atomic mass is 9.80. The molecule has 1 aliphatic heterocycles. The minimum Gasteiger partial charge on any atom is -0.487 e. The summed E-state index contributed by atoms with van der Waals surface area (Å²) in [4.78, 5) is 0. The lowest BCUT2D eigenvalue weighted by Crippen LogP contribution is -2.37. The van der Waals surface area contributed by atoms with Gasteiger partial charge in [-0.05, 0) is 43.9 Å². The first kappa shape index (κ1) is 15.5. The molecular formula is C17H23Cl2NO. The molecule has 2 atom stereocenters. The van der Waals surface area contributed by atoms with Gasteiger partial charge in [-0.15, -0.1) is 0 Å². The third-order valence-electron chi connectivity index (χ3n) is 4.85. The molecule has 0 spiro atoms. The molecule has 21 heavy (non-hydrogen) atoms. The van der Waals surface area contributed by atoms with Crippen LogP contribution in [0.4, 0.5) is 0 Å². The summed E-state index contributed by atoms with van der Waals surface area (Å²) >= 11 is 12.6. The molecule has 1 aromatic carbocycles. The molecule has 116 valence electrons. The molecule has 0 radical (unpaired) electrons. The van der Waals surface area contributed by atoms with Crippen molar-refractivity contribution >= 4 is 23.2 Å². The summed E-state index contributed by atoms with van der Waals surface area (Å²) in [5, 5.41) is 4.70. The third kappa shape index (κ3) is 3.67. The van der Waals surface area contributed by atoms with E-state index in [1.165, 1.54) is 38.5 Å². The van der Waals surface area contributed by atoms with E-state index in [4.69, 9.17) is 27.9 Å². The fraction of sp³-hybridized carbons (Fsp3) is 0.647. The monoisotopic (exact) mass is 327 g/mol. The molecule has 0 amide bonds. The van der Waals surface area contributed by atoms with E-state index >= 15 is 0 Å². The van der Waals surface area contributed by atoms with Gasteiger partial charge in [-0.2, -0.15) is 0 Å². The molecule has 1 aromatic rings. The number of ether oxygens (including phenoxy) is 1. The van der Waals surface area contributed by atoms with E-state index in [2.05, 4.69) is 5.32 Å². The summed E-state index contributed by atoms with van der Waals surface area (Å²) in [7, 11) is 0. The maximum Gasteiger partial charge on any atom is 0.156 e. The van der Waals surface area contributed by atoms with Crippen molar-refractivity contribution in [2.45, 2.75) is 44.6 Å². The highest BCUT2D eigenvalue weighted by molar-refractivity contribution is 6.37. The van der Waals surface area contributed by atoms with Crippen molar-refractivity contribution in [2.24, 2.45) is 11.8 Å². The number of hydrogen-bond acceptors (Lipinski definition) is 2. The van der Waals surface area contributed by atoms with Gasteiger partial charge in [-0.1, -0.05) is 48.5 Å². The Labute approximate surface area is 137 Å². The molecule has 2 nitrogen and oxygen atoms in total. The van der Waals surface area contributed by atoms with Crippen molar-refractivity contribution in [3.05, 3.63) is 28.2 Å². The molecule has 1 saturated heterocycles. The summed E-state index contributed by atoms with van der Waals surface area (Å²) in [6.45, 7) is 2.14. The normalized spacial score (nSPS) is 25.0. The van der Waals surface area contributed by atoms with Crippen LogP contribution in [0.15, 0.2) is 18.2 Å². The summed E-state index contributed by atoms with van der Waals surface area (Å²) < 4.78 is 6.40. The molecule has 0 aromatic heterocycles. The van der Waals surface area contributed by atoms with Gasteiger partial charge >= 0.3 is 0 Å². The van der Waals surface area contributed by atoms with Crippen LogP contribution in [0, 0.1) is 11.8 Å². The van der Waals surface area contributed by atoms with Crippen molar-refractivity contribution in [2.75, 3.05) is 13.1 Å². The van der Waals surface area contributed by atoms with Crippen molar-refractivity contribution in [3.63, 3.8) is 0 Å². The third-order valence-corrected chi connectivity index (χ3v) is 5.45. The predicted molar refractivity (Wildman–Crippen MR) is 88.4 cm³/mol. The minimum absolute atomic E-state index is 0.234. The van der Waals surface area contributed by atoms with Crippen molar-refractivity contribution in [3.8, 4) is 5.75 Å². The number of halogens is 2. The van der Waals surface area contributed by atoms with Gasteiger partial charge in [0.15, 0.2) is 5.75 Å². The van der Waals surface area contributed by atoms with E-state index in [9.17, 15) is 0 Å². The maximum atomic E-state index is 6.40. The molecule has 0 bridgehead atoms. The van der Waals surface area contributed by atoms with Crippen LogP contribution in [-0.2, 0) is 0 Å². The van der Waals surface area contributed by atoms with Crippen molar-refractivity contribution in [1.29, 1.82) is 0 Å².